The second kappa shape index (κ2) is 14.9. The van der Waals surface area contributed by atoms with Crippen LogP contribution in [0, 0.1) is 5.82 Å². The van der Waals surface area contributed by atoms with Crippen molar-refractivity contribution in [1.82, 2.24) is 15.5 Å². The van der Waals surface area contributed by atoms with Crippen LogP contribution in [0.5, 0.6) is 0 Å². The highest BCUT2D eigenvalue weighted by Crippen LogP contribution is 2.28. The molecule has 1 unspecified atom stereocenters. The lowest BCUT2D eigenvalue weighted by molar-refractivity contribution is -0.131. The summed E-state index contributed by atoms with van der Waals surface area (Å²) in [6, 6.07) is 11.5. The second-order valence-electron chi connectivity index (χ2n) is 10.4. The number of cyclic esters (lactones) is 1. The van der Waals surface area contributed by atoms with Crippen molar-refractivity contribution in [2.45, 2.75) is 38.8 Å². The van der Waals surface area contributed by atoms with Gasteiger partial charge in [-0.25, -0.2) is 9.18 Å². The van der Waals surface area contributed by atoms with Gasteiger partial charge in [-0.2, -0.15) is 0 Å². The van der Waals surface area contributed by atoms with E-state index in [-0.39, 0.29) is 43.1 Å². The Labute approximate surface area is 255 Å². The van der Waals surface area contributed by atoms with Crippen LogP contribution in [0.25, 0.3) is 0 Å². The molecule has 2 aliphatic rings. The van der Waals surface area contributed by atoms with Gasteiger partial charge in [-0.3, -0.25) is 19.3 Å². The van der Waals surface area contributed by atoms with Crippen molar-refractivity contribution in [3.05, 3.63) is 59.4 Å². The molecule has 230 valence electrons. The monoisotopic (exact) mass is 612 g/mol. The molecule has 3 amide bonds. The topological polar surface area (TPSA) is 137 Å². The zero-order valence-corrected chi connectivity index (χ0v) is 25.0. The number of ketones is 1. The minimum Gasteiger partial charge on any atom is -0.442 e. The Kier molecular flexibility index (Phi) is 11.0. The Bertz CT molecular complexity index is 1350. The molecular weight excluding hydrogens is 575 g/mol. The van der Waals surface area contributed by atoms with Gasteiger partial charge in [0.25, 0.3) is 0 Å². The number of nitrogens with zero attached hydrogens (tertiary/aromatic N) is 3. The molecule has 2 aliphatic heterocycles. The molecule has 1 atom stereocenters. The van der Waals surface area contributed by atoms with Gasteiger partial charge in [0.05, 0.1) is 36.0 Å². The minimum atomic E-state index is -0.530. The Hall–Kier alpha value is -4.10. The minimum absolute atomic E-state index is 0.0829. The molecule has 2 fully saturated rings. The number of piperazine rings is 1. The molecule has 4 N–H and O–H groups in total. The normalized spacial score (nSPS) is 16.6. The molecule has 2 aromatic carbocycles. The van der Waals surface area contributed by atoms with Crippen molar-refractivity contribution in [3.8, 4) is 0 Å². The van der Waals surface area contributed by atoms with E-state index in [1.165, 1.54) is 11.0 Å². The largest absolute Gasteiger partial charge is 0.442 e. The third kappa shape index (κ3) is 8.48. The van der Waals surface area contributed by atoms with E-state index in [4.69, 9.17) is 22.7 Å². The predicted molar refractivity (Wildman–Crippen MR) is 165 cm³/mol. The zero-order chi connectivity index (χ0) is 30.9. The maximum Gasteiger partial charge on any atom is 0.414 e. The van der Waals surface area contributed by atoms with Gasteiger partial charge in [0.2, 0.25) is 11.8 Å². The van der Waals surface area contributed by atoms with E-state index >= 15 is 4.39 Å². The van der Waals surface area contributed by atoms with E-state index in [1.54, 1.807) is 41.3 Å². The summed E-state index contributed by atoms with van der Waals surface area (Å²) >= 11 is 5.15. The molecule has 0 aliphatic carbocycles. The number of nitrogens with two attached hydrogens (primary N) is 1. The molecular formula is C30H37FN6O5S. The highest BCUT2D eigenvalue weighted by molar-refractivity contribution is 7.80. The number of Topliss-reactive ketones (excluding diaryl/α,β-unsaturated/α-hetero) is 1. The number of anilines is 2. The molecule has 0 aromatic heterocycles. The molecule has 4 rings (SSSR count). The summed E-state index contributed by atoms with van der Waals surface area (Å²) in [5.74, 6) is -0.983. The van der Waals surface area contributed by atoms with Gasteiger partial charge in [0.15, 0.2) is 5.78 Å². The average Bonchev–Trinajstić information content (AvgIpc) is 3.41. The number of thiocarbonyl (C=S) groups is 1. The molecule has 11 nitrogen and oxygen atoms in total. The molecule has 0 bridgehead atoms. The summed E-state index contributed by atoms with van der Waals surface area (Å²) in [5.41, 5.74) is 7.43. The van der Waals surface area contributed by atoms with E-state index in [1.807, 2.05) is 11.8 Å². The van der Waals surface area contributed by atoms with E-state index < -0.39 is 11.9 Å². The van der Waals surface area contributed by atoms with E-state index in [0.717, 1.165) is 5.56 Å². The number of carbonyl (C=O) groups is 4. The summed E-state index contributed by atoms with van der Waals surface area (Å²) in [6.45, 7) is 4.56. The summed E-state index contributed by atoms with van der Waals surface area (Å²) < 4.78 is 20.6. The molecule has 0 radical (unpaired) electrons. The summed E-state index contributed by atoms with van der Waals surface area (Å²) in [5, 5.41) is 5.73. The van der Waals surface area contributed by atoms with Crippen LogP contribution in [0.1, 0.15) is 42.1 Å². The number of nitrogens with one attached hydrogen (secondary N) is 2. The lowest BCUT2D eigenvalue weighted by Gasteiger charge is -2.36. The van der Waals surface area contributed by atoms with Gasteiger partial charge in [-0.1, -0.05) is 43.4 Å². The second-order valence-corrected chi connectivity index (χ2v) is 10.9. The Morgan fingerprint density at radius 1 is 1.05 bits per heavy atom. The van der Waals surface area contributed by atoms with Crippen molar-refractivity contribution in [3.63, 3.8) is 0 Å². The maximum atomic E-state index is 15.2. The molecule has 2 aromatic rings. The highest BCUT2D eigenvalue weighted by atomic mass is 32.1. The SMILES string of the molecule is CCC(=S)NCC1CN(c2ccc(N3CCN(C(=O)CCC(=O)c4ccc(CNC(=O)CN)cc4)CC3)c(F)c2)C(=O)O1. The number of amides is 3. The molecule has 43 heavy (non-hydrogen) atoms. The number of ether oxygens (including phenoxy) is 1. The van der Waals surface area contributed by atoms with E-state index in [0.29, 0.717) is 74.2 Å². The van der Waals surface area contributed by atoms with Crippen molar-refractivity contribution in [2.75, 3.05) is 55.6 Å². The Morgan fingerprint density at radius 3 is 2.42 bits per heavy atom. The van der Waals surface area contributed by atoms with Crippen LogP contribution in [0.3, 0.4) is 0 Å². The number of hydrogen-bond acceptors (Lipinski definition) is 8. The van der Waals surface area contributed by atoms with Crippen molar-refractivity contribution in [1.29, 1.82) is 0 Å². The van der Waals surface area contributed by atoms with Crippen LogP contribution >= 0.6 is 12.2 Å². The molecule has 13 heteroatoms. The smallest absolute Gasteiger partial charge is 0.414 e. The lowest BCUT2D eigenvalue weighted by atomic mass is 10.0. The van der Waals surface area contributed by atoms with Gasteiger partial charge in [-0.05, 0) is 30.2 Å². The number of carbonyl (C=O) groups excluding carboxylic acids is 4. The summed E-state index contributed by atoms with van der Waals surface area (Å²) in [4.78, 5) is 54.7. The van der Waals surface area contributed by atoms with Gasteiger partial charge >= 0.3 is 6.09 Å². The first-order valence-electron chi connectivity index (χ1n) is 14.3. The number of hydrogen-bond donors (Lipinski definition) is 3. The number of rotatable bonds is 12. The third-order valence-corrected chi connectivity index (χ3v) is 7.89. The first-order chi connectivity index (χ1) is 20.7. The van der Waals surface area contributed by atoms with Gasteiger partial charge in [-0.15, -0.1) is 0 Å². The standard InChI is InChI=1S/C30H37FN6O5S/c1-2-28(43)34-18-23-19-37(30(41)42-23)22-7-8-25(24(31)15-22)35-11-13-36(14-12-35)29(40)10-9-26(38)21-5-3-20(4-6-21)17-33-27(39)16-32/h3-8,15,23H,2,9-14,16-19,32H2,1H3,(H,33,39)(H,34,43). The summed E-state index contributed by atoms with van der Waals surface area (Å²) in [6.07, 6.45) is -0.0479. The zero-order valence-electron chi connectivity index (χ0n) is 24.1. The summed E-state index contributed by atoms with van der Waals surface area (Å²) in [7, 11) is 0. The fourth-order valence-electron chi connectivity index (χ4n) is 4.91. The van der Waals surface area contributed by atoms with Crippen LogP contribution in [0.2, 0.25) is 0 Å². The fourth-order valence-corrected chi connectivity index (χ4v) is 5.00. The predicted octanol–water partition coefficient (Wildman–Crippen LogP) is 2.36. The number of benzene rings is 2. The fraction of sp³-hybridized carbons (Fsp3) is 0.433. The first kappa shape index (κ1) is 31.8. The number of halogens is 1. The average molecular weight is 613 g/mol. The quantitative estimate of drug-likeness (QED) is 0.244. The van der Waals surface area contributed by atoms with Crippen LogP contribution < -0.4 is 26.2 Å². The Morgan fingerprint density at radius 2 is 1.77 bits per heavy atom. The highest BCUT2D eigenvalue weighted by Gasteiger charge is 2.33. The molecule has 0 saturated carbocycles. The van der Waals surface area contributed by atoms with Crippen LogP contribution in [0.15, 0.2) is 42.5 Å². The molecule has 0 spiro atoms. The van der Waals surface area contributed by atoms with Crippen LogP contribution in [-0.2, 0) is 20.9 Å². The Balaban J connectivity index is 1.23. The van der Waals surface area contributed by atoms with Crippen LogP contribution in [0.4, 0.5) is 20.6 Å². The lowest BCUT2D eigenvalue weighted by Crippen LogP contribution is -2.49. The van der Waals surface area contributed by atoms with Gasteiger partial charge in [0, 0.05) is 51.1 Å². The maximum absolute atomic E-state index is 15.2. The van der Waals surface area contributed by atoms with Gasteiger partial charge in [0.1, 0.15) is 11.9 Å². The van der Waals surface area contributed by atoms with Crippen molar-refractivity contribution in [2.24, 2.45) is 5.73 Å². The van der Waals surface area contributed by atoms with E-state index in [9.17, 15) is 19.2 Å². The third-order valence-electron chi connectivity index (χ3n) is 7.46. The van der Waals surface area contributed by atoms with Gasteiger partial charge < -0.3 is 30.9 Å². The first-order valence-corrected chi connectivity index (χ1v) is 14.7. The van der Waals surface area contributed by atoms with Crippen LogP contribution in [-0.4, -0.2) is 85.5 Å². The molecule has 2 saturated heterocycles. The van der Waals surface area contributed by atoms with Crippen molar-refractivity contribution < 1.29 is 28.3 Å². The van der Waals surface area contributed by atoms with Crippen molar-refractivity contribution >= 4 is 52.3 Å². The van der Waals surface area contributed by atoms with E-state index in [2.05, 4.69) is 10.6 Å². The molecule has 2 heterocycles.